The number of hydrogen-bond acceptors (Lipinski definition) is 5. The van der Waals surface area contributed by atoms with Gasteiger partial charge in [-0.2, -0.15) is 0 Å². The van der Waals surface area contributed by atoms with Crippen molar-refractivity contribution in [1.82, 2.24) is 9.97 Å². The maximum atomic E-state index is 5.57. The van der Waals surface area contributed by atoms with Gasteiger partial charge in [-0.25, -0.2) is 15.8 Å². The van der Waals surface area contributed by atoms with E-state index in [1.165, 1.54) is 5.56 Å². The first-order valence-electron chi connectivity index (χ1n) is 6.97. The number of halogens is 1. The largest absolute Gasteiger partial charge is 0.340 e. The summed E-state index contributed by atoms with van der Waals surface area (Å²) in [5, 5.41) is 3.36. The van der Waals surface area contributed by atoms with Crippen molar-refractivity contribution >= 4 is 33.3 Å². The molecule has 4 N–H and O–H groups in total. The number of aryl methyl sites for hydroxylation is 1. The topological polar surface area (TPSA) is 75.9 Å². The predicted octanol–water partition coefficient (Wildman–Crippen LogP) is 3.76. The zero-order valence-electron chi connectivity index (χ0n) is 12.1. The van der Waals surface area contributed by atoms with Crippen LogP contribution >= 0.6 is 15.9 Å². The van der Waals surface area contributed by atoms with Crippen LogP contribution in [0.2, 0.25) is 0 Å². The second-order valence-electron chi connectivity index (χ2n) is 5.41. The van der Waals surface area contributed by atoms with Crippen molar-refractivity contribution in [3.63, 3.8) is 0 Å². The highest BCUT2D eigenvalue weighted by Crippen LogP contribution is 2.39. The molecule has 1 aromatic carbocycles. The lowest BCUT2D eigenvalue weighted by molar-refractivity contribution is 0.920. The second kappa shape index (κ2) is 5.61. The molecule has 21 heavy (non-hydrogen) atoms. The van der Waals surface area contributed by atoms with Crippen molar-refractivity contribution in [3.05, 3.63) is 39.6 Å². The lowest BCUT2D eigenvalue weighted by Crippen LogP contribution is -2.13. The van der Waals surface area contributed by atoms with E-state index in [0.29, 0.717) is 11.7 Å². The van der Waals surface area contributed by atoms with E-state index >= 15 is 0 Å². The van der Waals surface area contributed by atoms with Crippen LogP contribution in [-0.2, 0) is 0 Å². The van der Waals surface area contributed by atoms with Crippen LogP contribution in [0, 0.1) is 13.8 Å². The minimum absolute atomic E-state index is 0.475. The van der Waals surface area contributed by atoms with Crippen LogP contribution in [0.3, 0.4) is 0 Å². The van der Waals surface area contributed by atoms with Gasteiger partial charge >= 0.3 is 0 Å². The first-order valence-corrected chi connectivity index (χ1v) is 7.76. The van der Waals surface area contributed by atoms with Crippen LogP contribution in [0.1, 0.15) is 35.7 Å². The van der Waals surface area contributed by atoms with E-state index in [0.717, 1.165) is 40.2 Å². The maximum absolute atomic E-state index is 5.57. The molecular formula is C15H18BrN5. The van der Waals surface area contributed by atoms with Crippen LogP contribution in [0.4, 0.5) is 17.3 Å². The lowest BCUT2D eigenvalue weighted by atomic mass is 10.2. The molecule has 6 heteroatoms. The third-order valence-corrected chi connectivity index (χ3v) is 4.53. The average Bonchev–Trinajstić information content (AvgIpc) is 3.29. The Kier molecular flexibility index (Phi) is 3.82. The van der Waals surface area contributed by atoms with Gasteiger partial charge in [0.1, 0.15) is 17.5 Å². The Bertz CT molecular complexity index is 682. The number of nitrogens with two attached hydrogens (primary N) is 1. The lowest BCUT2D eigenvalue weighted by Gasteiger charge is -2.14. The second-order valence-corrected chi connectivity index (χ2v) is 6.27. The maximum Gasteiger partial charge on any atom is 0.148 e. The minimum atomic E-state index is 0.475. The quantitative estimate of drug-likeness (QED) is 0.579. The van der Waals surface area contributed by atoms with Gasteiger partial charge in [-0.3, -0.25) is 0 Å². The van der Waals surface area contributed by atoms with Crippen molar-refractivity contribution in [2.75, 3.05) is 10.7 Å². The Hall–Kier alpha value is -1.66. The molecule has 1 saturated carbocycles. The number of rotatable bonds is 4. The van der Waals surface area contributed by atoms with E-state index in [-0.39, 0.29) is 0 Å². The minimum Gasteiger partial charge on any atom is -0.340 e. The summed E-state index contributed by atoms with van der Waals surface area (Å²) in [6.45, 7) is 4.02. The highest BCUT2D eigenvalue weighted by molar-refractivity contribution is 9.10. The van der Waals surface area contributed by atoms with Crippen molar-refractivity contribution in [1.29, 1.82) is 0 Å². The zero-order valence-corrected chi connectivity index (χ0v) is 13.7. The summed E-state index contributed by atoms with van der Waals surface area (Å²) in [5.74, 6) is 8.39. The van der Waals surface area contributed by atoms with Crippen molar-refractivity contribution in [2.45, 2.75) is 32.6 Å². The van der Waals surface area contributed by atoms with E-state index in [1.54, 1.807) is 0 Å². The van der Waals surface area contributed by atoms with Crippen LogP contribution < -0.4 is 16.6 Å². The molecular weight excluding hydrogens is 330 g/mol. The zero-order chi connectivity index (χ0) is 15.0. The summed E-state index contributed by atoms with van der Waals surface area (Å²) < 4.78 is 1.07. The average molecular weight is 348 g/mol. The number of hydrogen-bond donors (Lipinski definition) is 3. The van der Waals surface area contributed by atoms with E-state index in [1.807, 2.05) is 19.1 Å². The molecule has 0 amide bonds. The molecule has 1 aliphatic carbocycles. The summed E-state index contributed by atoms with van der Waals surface area (Å²) in [6.07, 6.45) is 2.31. The Balaban J connectivity index is 1.96. The smallest absolute Gasteiger partial charge is 0.148 e. The predicted molar refractivity (Wildman–Crippen MR) is 88.7 cm³/mol. The van der Waals surface area contributed by atoms with Crippen molar-refractivity contribution < 1.29 is 0 Å². The van der Waals surface area contributed by atoms with Gasteiger partial charge in [0.15, 0.2) is 0 Å². The van der Waals surface area contributed by atoms with Gasteiger partial charge in [0.2, 0.25) is 0 Å². The Morgan fingerprint density at radius 3 is 2.52 bits per heavy atom. The van der Waals surface area contributed by atoms with Crippen molar-refractivity contribution in [2.24, 2.45) is 5.84 Å². The highest BCUT2D eigenvalue weighted by Gasteiger charge is 2.28. The van der Waals surface area contributed by atoms with E-state index in [2.05, 4.69) is 49.6 Å². The number of aromatic nitrogens is 2. The molecule has 0 bridgehead atoms. The number of nitrogen functional groups attached to an aromatic ring is 1. The molecule has 0 radical (unpaired) electrons. The summed E-state index contributed by atoms with van der Waals surface area (Å²) >= 11 is 3.55. The standard InChI is InChI=1S/C15H18BrN5/c1-8-3-6-11(7-12(8)16)18-13-9(2)14(21-17)20-15(19-13)10-4-5-10/h3,6-7,10H,4-5,17H2,1-2H3,(H2,18,19,20,21). The first kappa shape index (κ1) is 14.3. The van der Waals surface area contributed by atoms with Gasteiger partial charge in [-0.1, -0.05) is 22.0 Å². The third-order valence-electron chi connectivity index (χ3n) is 3.68. The Labute approximate surface area is 132 Å². The Morgan fingerprint density at radius 1 is 1.19 bits per heavy atom. The molecule has 0 atom stereocenters. The van der Waals surface area contributed by atoms with Crippen LogP contribution in [0.25, 0.3) is 0 Å². The summed E-state index contributed by atoms with van der Waals surface area (Å²) in [7, 11) is 0. The molecule has 2 aromatic rings. The monoisotopic (exact) mass is 347 g/mol. The van der Waals surface area contributed by atoms with E-state index in [9.17, 15) is 0 Å². The third kappa shape index (κ3) is 3.01. The normalized spacial score (nSPS) is 14.1. The molecule has 5 nitrogen and oxygen atoms in total. The van der Waals surface area contributed by atoms with Gasteiger partial charge in [0.05, 0.1) is 0 Å². The summed E-state index contributed by atoms with van der Waals surface area (Å²) in [5.41, 5.74) is 5.76. The Morgan fingerprint density at radius 2 is 1.90 bits per heavy atom. The van der Waals surface area contributed by atoms with E-state index in [4.69, 9.17) is 5.84 Å². The molecule has 0 spiro atoms. The molecule has 110 valence electrons. The number of hydrazine groups is 1. The number of anilines is 3. The first-order chi connectivity index (χ1) is 10.1. The van der Waals surface area contributed by atoms with Gasteiger partial charge < -0.3 is 10.7 Å². The highest BCUT2D eigenvalue weighted by atomic mass is 79.9. The number of nitrogens with one attached hydrogen (secondary N) is 2. The van der Waals surface area contributed by atoms with Crippen LogP contribution in [0.15, 0.2) is 22.7 Å². The molecule has 1 heterocycles. The van der Waals surface area contributed by atoms with Crippen LogP contribution in [-0.4, -0.2) is 9.97 Å². The van der Waals surface area contributed by atoms with Crippen LogP contribution in [0.5, 0.6) is 0 Å². The fourth-order valence-electron chi connectivity index (χ4n) is 2.13. The summed E-state index contributed by atoms with van der Waals surface area (Å²) in [6, 6.07) is 6.14. The fourth-order valence-corrected chi connectivity index (χ4v) is 2.51. The number of benzene rings is 1. The fraction of sp³-hybridized carbons (Fsp3) is 0.333. The molecule has 3 rings (SSSR count). The molecule has 0 aliphatic heterocycles. The molecule has 1 aliphatic rings. The molecule has 1 aromatic heterocycles. The van der Waals surface area contributed by atoms with Gasteiger partial charge in [-0.15, -0.1) is 0 Å². The molecule has 0 unspecified atom stereocenters. The van der Waals surface area contributed by atoms with Gasteiger partial charge in [0, 0.05) is 21.6 Å². The number of nitrogens with zero attached hydrogens (tertiary/aromatic N) is 2. The molecule has 1 fully saturated rings. The molecule has 0 saturated heterocycles. The SMILES string of the molecule is Cc1ccc(Nc2nc(C3CC3)nc(NN)c2C)cc1Br. The van der Waals surface area contributed by atoms with Crippen molar-refractivity contribution in [3.8, 4) is 0 Å². The van der Waals surface area contributed by atoms with Gasteiger partial charge in [-0.05, 0) is 44.4 Å². The van der Waals surface area contributed by atoms with E-state index < -0.39 is 0 Å². The summed E-state index contributed by atoms with van der Waals surface area (Å²) in [4.78, 5) is 9.15. The van der Waals surface area contributed by atoms with Gasteiger partial charge in [0.25, 0.3) is 0 Å².